The highest BCUT2D eigenvalue weighted by Crippen LogP contribution is 2.16. The Morgan fingerprint density at radius 1 is 1.08 bits per heavy atom. The first kappa shape index (κ1) is 13.1. The zero-order chi connectivity index (χ0) is 10.6. The summed E-state index contributed by atoms with van der Waals surface area (Å²) in [5, 5.41) is 0. The molecule has 1 unspecified atom stereocenters. The Hall–Kier alpha value is 0.137. The van der Waals surface area contributed by atoms with Crippen LogP contribution in [-0.2, 0) is 0 Å². The Morgan fingerprint density at radius 3 is 1.85 bits per heavy atom. The van der Waals surface area contributed by atoms with Gasteiger partial charge in [-0.05, 0) is 47.6 Å². The van der Waals surface area contributed by atoms with Gasteiger partial charge in [0.1, 0.15) is 8.24 Å². The van der Waals surface area contributed by atoms with Crippen LogP contribution in [0.3, 0.4) is 0 Å². The standard InChI is InChI=1S/C10H26N2Si/c1-10(11(2)3)8-9-13(6,7)12(4)5/h10H,8-9H2,1-7H3. The molecule has 0 saturated heterocycles. The minimum Gasteiger partial charge on any atom is -0.329 e. The summed E-state index contributed by atoms with van der Waals surface area (Å²) in [6.45, 7) is 7.19. The number of rotatable bonds is 5. The average Bonchev–Trinajstić information content (AvgIpc) is 1.99. The van der Waals surface area contributed by atoms with Crippen molar-refractivity contribution in [3.63, 3.8) is 0 Å². The molecule has 0 aromatic carbocycles. The molecule has 1 atom stereocenters. The smallest absolute Gasteiger partial charge is 0.121 e. The molecule has 0 radical (unpaired) electrons. The monoisotopic (exact) mass is 202 g/mol. The molecular formula is C10H26N2Si. The fourth-order valence-electron chi connectivity index (χ4n) is 1.04. The largest absolute Gasteiger partial charge is 0.329 e. The third-order valence-corrected chi connectivity index (χ3v) is 7.20. The van der Waals surface area contributed by atoms with Gasteiger partial charge in [0.15, 0.2) is 0 Å². The Labute approximate surface area is 85.0 Å². The molecule has 0 amide bonds. The molecule has 80 valence electrons. The molecule has 0 aliphatic heterocycles. The molecule has 0 N–H and O–H groups in total. The molecule has 3 heteroatoms. The fourth-order valence-corrected chi connectivity index (χ4v) is 2.62. The van der Waals surface area contributed by atoms with E-state index in [-0.39, 0.29) is 0 Å². The summed E-state index contributed by atoms with van der Waals surface area (Å²) in [7, 11) is 7.67. The average molecular weight is 202 g/mol. The Bertz CT molecular complexity index is 144. The van der Waals surface area contributed by atoms with Crippen molar-refractivity contribution in [1.82, 2.24) is 9.47 Å². The van der Waals surface area contributed by atoms with Crippen molar-refractivity contribution in [1.29, 1.82) is 0 Å². The van der Waals surface area contributed by atoms with Gasteiger partial charge < -0.3 is 9.47 Å². The van der Waals surface area contributed by atoms with Crippen LogP contribution >= 0.6 is 0 Å². The molecule has 0 rings (SSSR count). The highest BCUT2D eigenvalue weighted by Gasteiger charge is 2.24. The fraction of sp³-hybridized carbons (Fsp3) is 1.00. The second-order valence-electron chi connectivity index (χ2n) is 5.06. The lowest BCUT2D eigenvalue weighted by atomic mass is 10.2. The molecule has 2 nitrogen and oxygen atoms in total. The van der Waals surface area contributed by atoms with Crippen molar-refractivity contribution in [3.8, 4) is 0 Å². The summed E-state index contributed by atoms with van der Waals surface area (Å²) < 4.78 is 2.44. The zero-order valence-electron chi connectivity index (χ0n) is 10.4. The van der Waals surface area contributed by atoms with Crippen molar-refractivity contribution in [3.05, 3.63) is 0 Å². The molecule has 0 bridgehead atoms. The summed E-state index contributed by atoms with van der Waals surface area (Å²) in [5.74, 6) is 0. The molecule has 0 saturated carbocycles. The van der Waals surface area contributed by atoms with E-state index in [0.29, 0.717) is 6.04 Å². The summed E-state index contributed by atoms with van der Waals surface area (Å²) in [5.41, 5.74) is 0. The minimum absolute atomic E-state index is 0.715. The van der Waals surface area contributed by atoms with Crippen LogP contribution in [0.4, 0.5) is 0 Å². The SMILES string of the molecule is CC(CC[Si](C)(C)N(C)C)N(C)C. The van der Waals surface area contributed by atoms with Crippen LogP contribution in [-0.4, -0.2) is 51.9 Å². The lowest BCUT2D eigenvalue weighted by molar-refractivity contribution is 0.305. The van der Waals surface area contributed by atoms with Crippen molar-refractivity contribution in [2.45, 2.75) is 38.5 Å². The van der Waals surface area contributed by atoms with E-state index < -0.39 is 8.24 Å². The molecule has 0 heterocycles. The first-order chi connectivity index (χ1) is 5.77. The second kappa shape index (κ2) is 5.13. The van der Waals surface area contributed by atoms with Gasteiger partial charge in [0, 0.05) is 6.04 Å². The molecular weight excluding hydrogens is 176 g/mol. The molecule has 0 aromatic rings. The Kier molecular flexibility index (Phi) is 5.18. The highest BCUT2D eigenvalue weighted by atomic mass is 28.3. The van der Waals surface area contributed by atoms with Gasteiger partial charge >= 0.3 is 0 Å². The van der Waals surface area contributed by atoms with Gasteiger partial charge in [-0.2, -0.15) is 0 Å². The zero-order valence-corrected chi connectivity index (χ0v) is 11.4. The minimum atomic E-state index is -1.08. The Balaban J connectivity index is 3.88. The van der Waals surface area contributed by atoms with Gasteiger partial charge in [0.05, 0.1) is 0 Å². The van der Waals surface area contributed by atoms with Crippen LogP contribution in [0.25, 0.3) is 0 Å². The van der Waals surface area contributed by atoms with Gasteiger partial charge in [0.25, 0.3) is 0 Å². The molecule has 0 aliphatic carbocycles. The van der Waals surface area contributed by atoms with Crippen LogP contribution in [0.15, 0.2) is 0 Å². The predicted molar refractivity (Wildman–Crippen MR) is 63.7 cm³/mol. The maximum absolute atomic E-state index is 2.44. The van der Waals surface area contributed by atoms with Crippen LogP contribution < -0.4 is 0 Å². The number of hydrogen-bond donors (Lipinski definition) is 0. The van der Waals surface area contributed by atoms with Gasteiger partial charge in [-0.15, -0.1) is 0 Å². The van der Waals surface area contributed by atoms with E-state index in [1.54, 1.807) is 0 Å². The summed E-state index contributed by atoms with van der Waals surface area (Å²) in [4.78, 5) is 2.31. The summed E-state index contributed by atoms with van der Waals surface area (Å²) in [6, 6.07) is 2.10. The van der Waals surface area contributed by atoms with E-state index >= 15 is 0 Å². The third kappa shape index (κ3) is 4.79. The van der Waals surface area contributed by atoms with Gasteiger partial charge in [-0.1, -0.05) is 13.1 Å². The summed E-state index contributed by atoms with van der Waals surface area (Å²) >= 11 is 0. The molecule has 0 aromatic heterocycles. The highest BCUT2D eigenvalue weighted by molar-refractivity contribution is 6.74. The van der Waals surface area contributed by atoms with E-state index in [2.05, 4.69) is 57.7 Å². The second-order valence-corrected chi connectivity index (χ2v) is 10.1. The molecule has 0 aliphatic rings. The van der Waals surface area contributed by atoms with E-state index in [9.17, 15) is 0 Å². The van der Waals surface area contributed by atoms with Crippen molar-refractivity contribution < 1.29 is 0 Å². The first-order valence-corrected chi connectivity index (χ1v) is 8.26. The van der Waals surface area contributed by atoms with Gasteiger partial charge in [-0.25, -0.2) is 0 Å². The van der Waals surface area contributed by atoms with Crippen molar-refractivity contribution in [2.24, 2.45) is 0 Å². The molecule has 0 fully saturated rings. The van der Waals surface area contributed by atoms with Gasteiger partial charge in [-0.3, -0.25) is 0 Å². The van der Waals surface area contributed by atoms with E-state index in [4.69, 9.17) is 0 Å². The normalized spacial score (nSPS) is 15.5. The predicted octanol–water partition coefficient (Wildman–Crippen LogP) is 2.09. The lowest BCUT2D eigenvalue weighted by Crippen LogP contribution is -2.44. The maximum Gasteiger partial charge on any atom is 0.121 e. The van der Waals surface area contributed by atoms with Crippen LogP contribution in [0.2, 0.25) is 19.1 Å². The Morgan fingerprint density at radius 2 is 1.54 bits per heavy atom. The summed E-state index contributed by atoms with van der Waals surface area (Å²) in [6.07, 6.45) is 1.32. The van der Waals surface area contributed by atoms with Crippen LogP contribution in [0, 0.1) is 0 Å². The maximum atomic E-state index is 2.44. The lowest BCUT2D eigenvalue weighted by Gasteiger charge is -2.32. The van der Waals surface area contributed by atoms with Crippen molar-refractivity contribution >= 4 is 8.24 Å². The number of hydrogen-bond acceptors (Lipinski definition) is 2. The van der Waals surface area contributed by atoms with Crippen LogP contribution in [0.1, 0.15) is 13.3 Å². The van der Waals surface area contributed by atoms with E-state index in [1.807, 2.05) is 0 Å². The molecule has 13 heavy (non-hydrogen) atoms. The molecule has 0 spiro atoms. The van der Waals surface area contributed by atoms with Gasteiger partial charge in [0.2, 0.25) is 0 Å². The number of nitrogens with zero attached hydrogens (tertiary/aromatic N) is 2. The van der Waals surface area contributed by atoms with E-state index in [0.717, 1.165) is 0 Å². The van der Waals surface area contributed by atoms with E-state index in [1.165, 1.54) is 12.5 Å². The third-order valence-electron chi connectivity index (χ3n) is 3.27. The topological polar surface area (TPSA) is 6.48 Å². The first-order valence-electron chi connectivity index (χ1n) is 5.11. The van der Waals surface area contributed by atoms with Crippen molar-refractivity contribution in [2.75, 3.05) is 28.2 Å². The van der Waals surface area contributed by atoms with Crippen LogP contribution in [0.5, 0.6) is 0 Å². The quantitative estimate of drug-likeness (QED) is 0.630.